The van der Waals surface area contributed by atoms with E-state index in [1.165, 1.54) is 28.0 Å². The molecule has 3 heterocycles. The first-order valence-corrected chi connectivity index (χ1v) is 12.0. The number of nitrogens with zero attached hydrogens (tertiary/aromatic N) is 5. The van der Waals surface area contributed by atoms with Crippen LogP contribution in [0.15, 0.2) is 54.6 Å². The second kappa shape index (κ2) is 8.92. The van der Waals surface area contributed by atoms with Gasteiger partial charge in [-0.05, 0) is 29.8 Å². The van der Waals surface area contributed by atoms with Gasteiger partial charge >= 0.3 is 6.18 Å². The summed E-state index contributed by atoms with van der Waals surface area (Å²) >= 11 is 1.27. The summed E-state index contributed by atoms with van der Waals surface area (Å²) in [5.74, 6) is 0.542. The number of hydrogen-bond acceptors (Lipinski definition) is 6. The monoisotopic (exact) mass is 487 g/mol. The average molecular weight is 488 g/mol. The first-order valence-electron chi connectivity index (χ1n) is 11.1. The lowest BCUT2D eigenvalue weighted by atomic mass is 10.00. The summed E-state index contributed by atoms with van der Waals surface area (Å²) in [4.78, 5) is 9.91. The summed E-state index contributed by atoms with van der Waals surface area (Å²) in [6.45, 7) is 4.63. The maximum Gasteiger partial charge on any atom is 0.416 e. The van der Waals surface area contributed by atoms with E-state index in [-0.39, 0.29) is 5.88 Å². The minimum atomic E-state index is -4.45. The van der Waals surface area contributed by atoms with E-state index in [1.54, 1.807) is 6.07 Å². The zero-order chi connectivity index (χ0) is 23.9. The number of benzene rings is 2. The normalized spacial score (nSPS) is 16.3. The molecule has 10 heteroatoms. The third-order valence-electron chi connectivity index (χ3n) is 6.14. The van der Waals surface area contributed by atoms with Crippen molar-refractivity contribution < 1.29 is 18.3 Å². The Balaban J connectivity index is 1.52. The lowest BCUT2D eigenvalue weighted by molar-refractivity contribution is -0.137. The molecule has 1 N–H and O–H groups in total. The molecular weight excluding hydrogens is 463 g/mol. The van der Waals surface area contributed by atoms with Crippen molar-refractivity contribution in [3.05, 3.63) is 76.4 Å². The fraction of sp³-hybridized carbons (Fsp3) is 0.333. The number of thiazole rings is 1. The van der Waals surface area contributed by atoms with E-state index in [1.807, 2.05) is 25.1 Å². The van der Waals surface area contributed by atoms with Crippen molar-refractivity contribution in [3.63, 3.8) is 0 Å². The molecule has 0 saturated carbocycles. The van der Waals surface area contributed by atoms with Gasteiger partial charge in [0, 0.05) is 38.3 Å². The molecule has 34 heavy (non-hydrogen) atoms. The summed E-state index contributed by atoms with van der Waals surface area (Å²) in [6, 6.07) is 14.9. The predicted octanol–water partition coefficient (Wildman–Crippen LogP) is 4.99. The third kappa shape index (κ3) is 4.23. The summed E-state index contributed by atoms with van der Waals surface area (Å²) in [5.41, 5.74) is 0.898. The molecule has 0 radical (unpaired) electrons. The molecule has 1 aliphatic heterocycles. The van der Waals surface area contributed by atoms with Crippen molar-refractivity contribution in [2.45, 2.75) is 25.6 Å². The predicted molar refractivity (Wildman–Crippen MR) is 125 cm³/mol. The van der Waals surface area contributed by atoms with Gasteiger partial charge in [-0.1, -0.05) is 48.6 Å². The summed E-state index contributed by atoms with van der Waals surface area (Å²) in [7, 11) is 0. The highest BCUT2D eigenvalue weighted by Crippen LogP contribution is 2.42. The van der Waals surface area contributed by atoms with Crippen LogP contribution in [0.25, 0.3) is 4.96 Å². The van der Waals surface area contributed by atoms with Crippen molar-refractivity contribution in [1.82, 2.24) is 19.5 Å². The van der Waals surface area contributed by atoms with Crippen molar-refractivity contribution in [2.24, 2.45) is 0 Å². The maximum atomic E-state index is 13.5. The van der Waals surface area contributed by atoms with Crippen LogP contribution in [-0.4, -0.2) is 50.8 Å². The Kier molecular flexibility index (Phi) is 5.95. The topological polar surface area (TPSA) is 56.9 Å². The van der Waals surface area contributed by atoms with E-state index >= 15 is 0 Å². The number of piperazine rings is 1. The van der Waals surface area contributed by atoms with E-state index < -0.39 is 17.8 Å². The molecule has 0 aliphatic carbocycles. The zero-order valence-corrected chi connectivity index (χ0v) is 19.4. The molecule has 1 fully saturated rings. The first-order chi connectivity index (χ1) is 16.3. The fourth-order valence-corrected chi connectivity index (χ4v) is 5.54. The van der Waals surface area contributed by atoms with E-state index in [2.05, 4.69) is 32.0 Å². The van der Waals surface area contributed by atoms with E-state index in [9.17, 15) is 18.3 Å². The van der Waals surface area contributed by atoms with Crippen LogP contribution in [-0.2, 0) is 12.6 Å². The molecule has 5 rings (SSSR count). The van der Waals surface area contributed by atoms with Crippen molar-refractivity contribution in [3.8, 4) is 5.88 Å². The summed E-state index contributed by atoms with van der Waals surface area (Å²) in [5, 5.41) is 15.4. The van der Waals surface area contributed by atoms with Crippen LogP contribution in [0.2, 0.25) is 0 Å². The minimum absolute atomic E-state index is 0.0694. The van der Waals surface area contributed by atoms with Gasteiger partial charge in [-0.15, -0.1) is 5.10 Å². The Hall–Kier alpha value is -3.11. The Bertz CT molecular complexity index is 1280. The first kappa shape index (κ1) is 22.7. The van der Waals surface area contributed by atoms with Crippen LogP contribution >= 0.6 is 11.3 Å². The van der Waals surface area contributed by atoms with Crippen LogP contribution in [0.3, 0.4) is 0 Å². The number of aromatic hydroxyl groups is 1. The molecule has 1 unspecified atom stereocenters. The standard InChI is InChI=1S/C24H24F3N5OS/c1-2-19-28-23-32(29-19)22(33)21(34-23)20(16-7-6-8-17(15-16)24(25,26)27)31-13-11-30(12-14-31)18-9-4-3-5-10-18/h3-10,15,20,33H,2,11-14H2,1H3. The highest BCUT2D eigenvalue weighted by atomic mass is 32.1. The Morgan fingerprint density at radius 1 is 1.03 bits per heavy atom. The summed E-state index contributed by atoms with van der Waals surface area (Å²) < 4.78 is 41.9. The second-order valence-electron chi connectivity index (χ2n) is 8.25. The third-order valence-corrected chi connectivity index (χ3v) is 7.21. The molecule has 0 bridgehead atoms. The van der Waals surface area contributed by atoms with Crippen LogP contribution in [0, 0.1) is 0 Å². The SMILES string of the molecule is CCc1nc2sc(C(c3cccc(C(F)(F)F)c3)N3CCN(c4ccccc4)CC3)c(O)n2n1. The molecule has 0 spiro atoms. The number of alkyl halides is 3. The Morgan fingerprint density at radius 3 is 2.41 bits per heavy atom. The fourth-order valence-electron chi connectivity index (χ4n) is 4.41. The van der Waals surface area contributed by atoms with Gasteiger partial charge in [0.15, 0.2) is 5.82 Å². The number of aromatic nitrogens is 3. The highest BCUT2D eigenvalue weighted by Gasteiger charge is 2.35. The number of anilines is 1. The van der Waals surface area contributed by atoms with Gasteiger partial charge in [-0.2, -0.15) is 17.7 Å². The summed E-state index contributed by atoms with van der Waals surface area (Å²) in [6.07, 6.45) is -3.82. The van der Waals surface area contributed by atoms with Gasteiger partial charge in [0.1, 0.15) is 0 Å². The number of halogens is 3. The van der Waals surface area contributed by atoms with Gasteiger partial charge in [-0.3, -0.25) is 4.90 Å². The lowest BCUT2D eigenvalue weighted by Crippen LogP contribution is -2.47. The number of rotatable bonds is 5. The maximum absolute atomic E-state index is 13.5. The zero-order valence-electron chi connectivity index (χ0n) is 18.5. The Morgan fingerprint density at radius 2 is 1.76 bits per heavy atom. The molecule has 2 aromatic carbocycles. The molecule has 6 nitrogen and oxygen atoms in total. The van der Waals surface area contributed by atoms with E-state index in [4.69, 9.17) is 0 Å². The van der Waals surface area contributed by atoms with Crippen LogP contribution in [0.5, 0.6) is 5.88 Å². The molecule has 0 amide bonds. The van der Waals surface area contributed by atoms with Crippen LogP contribution in [0.1, 0.15) is 34.8 Å². The molecule has 178 valence electrons. The molecule has 1 aliphatic rings. The highest BCUT2D eigenvalue weighted by molar-refractivity contribution is 7.17. The lowest BCUT2D eigenvalue weighted by Gasteiger charge is -2.40. The van der Waals surface area contributed by atoms with Crippen molar-refractivity contribution in [1.29, 1.82) is 0 Å². The van der Waals surface area contributed by atoms with Gasteiger partial charge in [0.25, 0.3) is 0 Å². The number of aryl methyl sites for hydroxylation is 1. The molecule has 2 aromatic heterocycles. The smallest absolute Gasteiger partial charge is 0.416 e. The number of para-hydroxylation sites is 1. The number of hydrogen-bond donors (Lipinski definition) is 1. The second-order valence-corrected chi connectivity index (χ2v) is 9.26. The number of fused-ring (bicyclic) bond motifs is 1. The van der Waals surface area contributed by atoms with Crippen molar-refractivity contribution >= 4 is 22.0 Å². The van der Waals surface area contributed by atoms with Crippen LogP contribution in [0.4, 0.5) is 18.9 Å². The van der Waals surface area contributed by atoms with E-state index in [0.29, 0.717) is 40.7 Å². The van der Waals surface area contributed by atoms with Crippen molar-refractivity contribution in [2.75, 3.05) is 31.1 Å². The van der Waals surface area contributed by atoms with Gasteiger partial charge in [0.2, 0.25) is 10.8 Å². The van der Waals surface area contributed by atoms with Gasteiger partial charge in [-0.25, -0.2) is 4.98 Å². The molecule has 1 saturated heterocycles. The molecular formula is C24H24F3N5OS. The minimum Gasteiger partial charge on any atom is -0.492 e. The largest absolute Gasteiger partial charge is 0.492 e. The van der Waals surface area contributed by atoms with Gasteiger partial charge in [0.05, 0.1) is 16.5 Å². The molecule has 4 aromatic rings. The quantitative estimate of drug-likeness (QED) is 0.430. The van der Waals surface area contributed by atoms with Crippen LogP contribution < -0.4 is 4.90 Å². The Labute approximate surface area is 198 Å². The van der Waals surface area contributed by atoms with E-state index in [0.717, 1.165) is 24.8 Å². The average Bonchev–Trinajstić information content (AvgIpc) is 3.39. The van der Waals surface area contributed by atoms with Gasteiger partial charge < -0.3 is 10.0 Å². The molecule has 1 atom stereocenters.